The highest BCUT2D eigenvalue weighted by molar-refractivity contribution is 7.80. The molecule has 0 rings (SSSR count). The minimum Gasteiger partial charge on any atom is -0.481 e. The fourth-order valence-electron chi connectivity index (χ4n) is 1.72. The van der Waals surface area contributed by atoms with Crippen molar-refractivity contribution in [3.8, 4) is 0 Å². The third-order valence-electron chi connectivity index (χ3n) is 4.00. The number of unbranched alkanes of at least 4 members (excludes halogenated alkanes) is 1. The van der Waals surface area contributed by atoms with Gasteiger partial charge in [0.2, 0.25) is 0 Å². The molecule has 260 valence electrons. The minimum absolute atomic E-state index is 0. The van der Waals surface area contributed by atoms with Crippen molar-refractivity contribution in [2.45, 2.75) is 76.5 Å². The highest BCUT2D eigenvalue weighted by atomic mass is 35.5. The Labute approximate surface area is 268 Å². The van der Waals surface area contributed by atoms with E-state index >= 15 is 0 Å². The molecule has 0 spiro atoms. The lowest BCUT2D eigenvalue weighted by Gasteiger charge is -2.07. The van der Waals surface area contributed by atoms with Crippen molar-refractivity contribution >= 4 is 73.3 Å². The Balaban J connectivity index is -0.0000000758. The second-order valence-corrected chi connectivity index (χ2v) is 8.77. The molecule has 0 unspecified atom stereocenters. The summed E-state index contributed by atoms with van der Waals surface area (Å²) in [6.45, 7) is 4.22. The Hall–Kier alpha value is -2.49. The number of carboxylic acid groups (broad SMARTS) is 6. The van der Waals surface area contributed by atoms with Gasteiger partial charge in [-0.25, -0.2) is 0 Å². The second-order valence-electron chi connectivity index (χ2n) is 8.41. The van der Waals surface area contributed by atoms with Crippen LogP contribution in [-0.2, 0) is 28.8 Å². The number of hydrogen-bond donors (Lipinski definition) is 13. The van der Waals surface area contributed by atoms with Crippen molar-refractivity contribution in [3.05, 3.63) is 0 Å². The highest BCUT2D eigenvalue weighted by Crippen LogP contribution is 2.01. The molecular weight excluding hydrogens is 643 g/mol. The first-order valence-electron chi connectivity index (χ1n) is 12.1. The lowest BCUT2D eigenvalue weighted by atomic mass is 10.1. The molecule has 0 aliphatic rings. The average Bonchev–Trinajstić information content (AvgIpc) is 2.87. The van der Waals surface area contributed by atoms with Crippen LogP contribution < -0.4 is 34.4 Å². The van der Waals surface area contributed by atoms with E-state index in [2.05, 4.69) is 18.4 Å². The summed E-state index contributed by atoms with van der Waals surface area (Å²) in [5, 5.41) is 48.5. The predicted molar refractivity (Wildman–Crippen MR) is 167 cm³/mol. The Morgan fingerprint density at radius 3 is 1.14 bits per heavy atom. The monoisotopic (exact) mass is 692 g/mol. The molecule has 0 bridgehead atoms. The maximum atomic E-state index is 10.1. The zero-order valence-corrected chi connectivity index (χ0v) is 26.6. The van der Waals surface area contributed by atoms with Crippen LogP contribution in [0.3, 0.4) is 0 Å². The van der Waals surface area contributed by atoms with Crippen molar-refractivity contribution in [2.75, 3.05) is 18.8 Å². The van der Waals surface area contributed by atoms with Gasteiger partial charge in [-0.1, -0.05) is 20.3 Å². The number of thiol groups is 1. The van der Waals surface area contributed by atoms with Crippen LogP contribution in [0.4, 0.5) is 0 Å². The molecule has 21 heteroatoms. The summed E-state index contributed by atoms with van der Waals surface area (Å²) in [5.74, 6) is -5.47. The molecule has 0 aromatic carbocycles. The molecule has 0 saturated carbocycles. The SMILES string of the molecule is CC(C)C[C@H](N)C(=O)O.Cl.Cl.NCC(=O)O.NCCCC[C@H](N)C(=O)O.N[C@@H](CCC(=O)O)C(=O)O.N[C@@H](CS)C(=O)O. The van der Waals surface area contributed by atoms with Gasteiger partial charge < -0.3 is 65.0 Å². The second kappa shape index (κ2) is 37.5. The predicted octanol–water partition coefficient (Wildman–Crippen LogP) is -1.56. The molecule has 0 aromatic heterocycles. The molecule has 0 aliphatic carbocycles. The van der Waals surface area contributed by atoms with Crippen LogP contribution in [0.1, 0.15) is 52.4 Å². The standard InChI is InChI=1S/C6H14N2O2.C6H13NO2.C5H9NO4.C3H7NO2S.C2H5NO2.2ClH/c7-4-2-1-3-5(8)6(9)10;1-4(2)3-5(7)6(8)9;6-3(5(9)10)1-2-4(7)8;4-2(1-7)3(5)6;3-1-2(4)5;;/h5H,1-4,7-8H2,(H,9,10);4-5H,3,7H2,1-2H3,(H,8,9);3H,1-2,6H2,(H,7,8)(H,9,10);2,7H,1,4H2,(H,5,6);1,3H2,(H,4,5);2*1H/t2*5-;3-;2-;;;/m0000.../s1. The lowest BCUT2D eigenvalue weighted by molar-refractivity contribution is -0.141. The summed E-state index contributed by atoms with van der Waals surface area (Å²) in [5.41, 5.74) is 30.2. The molecule has 0 radical (unpaired) electrons. The van der Waals surface area contributed by atoms with Gasteiger partial charge in [-0.3, -0.25) is 28.8 Å². The van der Waals surface area contributed by atoms with Gasteiger partial charge in [0.15, 0.2) is 0 Å². The van der Waals surface area contributed by atoms with Gasteiger partial charge in [0.1, 0.15) is 24.2 Å². The van der Waals surface area contributed by atoms with Gasteiger partial charge in [0, 0.05) is 12.2 Å². The van der Waals surface area contributed by atoms with Crippen molar-refractivity contribution in [1.82, 2.24) is 0 Å². The molecule has 18 N–H and O–H groups in total. The third-order valence-corrected chi connectivity index (χ3v) is 4.40. The summed E-state index contributed by atoms with van der Waals surface area (Å²) in [4.78, 5) is 59.1. The largest absolute Gasteiger partial charge is 0.481 e. The molecule has 0 fully saturated rings. The minimum atomic E-state index is -1.17. The summed E-state index contributed by atoms with van der Waals surface area (Å²) in [6.07, 6.45) is 2.49. The van der Waals surface area contributed by atoms with Crippen LogP contribution in [0.25, 0.3) is 0 Å². The maximum Gasteiger partial charge on any atom is 0.321 e. The van der Waals surface area contributed by atoms with Crippen LogP contribution in [0.2, 0.25) is 0 Å². The molecular formula is C22H50Cl2N6O12S. The van der Waals surface area contributed by atoms with Crippen molar-refractivity contribution < 1.29 is 59.4 Å². The number of carboxylic acids is 6. The van der Waals surface area contributed by atoms with E-state index in [0.29, 0.717) is 25.3 Å². The van der Waals surface area contributed by atoms with Crippen molar-refractivity contribution in [3.63, 3.8) is 0 Å². The molecule has 0 aromatic rings. The van der Waals surface area contributed by atoms with Crippen LogP contribution in [0, 0.1) is 5.92 Å². The van der Waals surface area contributed by atoms with Gasteiger partial charge in [0.25, 0.3) is 0 Å². The van der Waals surface area contributed by atoms with E-state index in [1.807, 2.05) is 13.8 Å². The Kier molecular flexibility index (Phi) is 49.2. The number of aliphatic carboxylic acids is 6. The summed E-state index contributed by atoms with van der Waals surface area (Å²) in [6, 6.07) is -3.28. The maximum absolute atomic E-state index is 10.1. The molecule has 0 amide bonds. The van der Waals surface area contributed by atoms with Gasteiger partial charge in [-0.05, 0) is 38.1 Å². The molecule has 4 atom stereocenters. The van der Waals surface area contributed by atoms with Crippen LogP contribution in [0.5, 0.6) is 0 Å². The normalized spacial score (nSPS) is 11.9. The number of hydrogen-bond acceptors (Lipinski definition) is 13. The van der Waals surface area contributed by atoms with Gasteiger partial charge in [-0.2, -0.15) is 12.6 Å². The number of rotatable bonds is 15. The van der Waals surface area contributed by atoms with Gasteiger partial charge in [0.05, 0.1) is 6.54 Å². The van der Waals surface area contributed by atoms with Crippen LogP contribution in [0.15, 0.2) is 0 Å². The fraction of sp³-hybridized carbons (Fsp3) is 0.727. The first-order valence-corrected chi connectivity index (χ1v) is 12.7. The van der Waals surface area contributed by atoms with E-state index in [1.54, 1.807) is 0 Å². The first-order chi connectivity index (χ1) is 18.7. The molecule has 0 aliphatic heterocycles. The van der Waals surface area contributed by atoms with E-state index in [-0.39, 0.29) is 50.0 Å². The van der Waals surface area contributed by atoms with E-state index in [4.69, 9.17) is 59.3 Å². The molecule has 18 nitrogen and oxygen atoms in total. The zero-order valence-electron chi connectivity index (χ0n) is 24.1. The Morgan fingerprint density at radius 1 is 0.605 bits per heavy atom. The van der Waals surface area contributed by atoms with Gasteiger partial charge >= 0.3 is 35.8 Å². The first kappa shape index (κ1) is 56.3. The quantitative estimate of drug-likeness (QED) is 0.0680. The van der Waals surface area contributed by atoms with Crippen molar-refractivity contribution in [2.24, 2.45) is 40.3 Å². The average molecular weight is 694 g/mol. The van der Waals surface area contributed by atoms with Crippen LogP contribution >= 0.6 is 37.4 Å². The Bertz CT molecular complexity index is 758. The summed E-state index contributed by atoms with van der Waals surface area (Å²) in [7, 11) is 0. The van der Waals surface area contributed by atoms with Crippen molar-refractivity contribution in [1.29, 1.82) is 0 Å². The molecule has 43 heavy (non-hydrogen) atoms. The van der Waals surface area contributed by atoms with E-state index < -0.39 is 60.0 Å². The highest BCUT2D eigenvalue weighted by Gasteiger charge is 2.13. The fourth-order valence-corrected chi connectivity index (χ4v) is 1.88. The van der Waals surface area contributed by atoms with E-state index in [1.165, 1.54) is 0 Å². The summed E-state index contributed by atoms with van der Waals surface area (Å²) >= 11 is 3.65. The smallest absolute Gasteiger partial charge is 0.321 e. The van der Waals surface area contributed by atoms with Gasteiger partial charge in [-0.15, -0.1) is 24.8 Å². The number of carbonyl (C=O) groups is 6. The topological polar surface area (TPSA) is 380 Å². The molecule has 0 saturated heterocycles. The summed E-state index contributed by atoms with van der Waals surface area (Å²) < 4.78 is 0. The lowest BCUT2D eigenvalue weighted by Crippen LogP contribution is -2.31. The van der Waals surface area contributed by atoms with E-state index in [0.717, 1.165) is 12.8 Å². The number of halogens is 2. The third kappa shape index (κ3) is 56.0. The van der Waals surface area contributed by atoms with Crippen LogP contribution in [-0.4, -0.2) is 109 Å². The zero-order chi connectivity index (χ0) is 33.7. The van der Waals surface area contributed by atoms with E-state index in [9.17, 15) is 28.8 Å². The Morgan fingerprint density at radius 2 is 0.953 bits per heavy atom. The number of nitrogens with two attached hydrogens (primary N) is 6. The molecule has 0 heterocycles.